The highest BCUT2D eigenvalue weighted by Crippen LogP contribution is 2.15. The number of aliphatic carboxylic acids is 1. The number of carbonyl (C=O) groups is 3. The molecule has 0 amide bonds. The number of hydrogen-bond donors (Lipinski definition) is 3. The number of nitrogens with two attached hydrogens (primary N) is 1. The van der Waals surface area contributed by atoms with Gasteiger partial charge in [0, 0.05) is 12.8 Å². The molecule has 2 aromatic rings. The number of aromatic amines is 1. The molecule has 2 heterocycles. The molecular weight excluding hydrogens is 558 g/mol. The number of ether oxygens (including phenoxy) is 3. The number of anilines is 1. The summed E-state index contributed by atoms with van der Waals surface area (Å²) in [4.78, 5) is 56.9. The number of aromatic nitrogens is 4. The molecule has 2 rings (SSSR count). The zero-order valence-corrected chi connectivity index (χ0v) is 25.3. The second kappa shape index (κ2) is 21.0. The highest BCUT2D eigenvalue weighted by Gasteiger charge is 2.14. The number of carbonyl (C=O) groups excluding carboxylic acids is 2. The van der Waals surface area contributed by atoms with Crippen molar-refractivity contribution in [2.24, 2.45) is 0 Å². The number of unbranched alkanes of at least 4 members (excludes halogenated alkanes) is 8. The Kier molecular flexibility index (Phi) is 17.3. The molecule has 0 radical (unpaired) electrons. The molecule has 0 fully saturated rings. The molecule has 0 saturated heterocycles. The van der Waals surface area contributed by atoms with Gasteiger partial charge in [0.05, 0.1) is 25.8 Å². The van der Waals surface area contributed by atoms with E-state index in [1.54, 1.807) is 4.57 Å². The molecule has 0 aliphatic carbocycles. The molecule has 4 N–H and O–H groups in total. The van der Waals surface area contributed by atoms with E-state index in [0.29, 0.717) is 18.5 Å². The summed E-state index contributed by atoms with van der Waals surface area (Å²) < 4.78 is 17.8. The van der Waals surface area contributed by atoms with Crippen molar-refractivity contribution in [3.63, 3.8) is 0 Å². The molecule has 0 unspecified atom stereocenters. The average molecular weight is 606 g/mol. The van der Waals surface area contributed by atoms with E-state index in [1.807, 2.05) is 0 Å². The first-order chi connectivity index (χ1) is 20.8. The van der Waals surface area contributed by atoms with Crippen molar-refractivity contribution in [1.29, 1.82) is 0 Å². The number of hydrogen-bond acceptors (Lipinski definition) is 10. The lowest BCUT2D eigenvalue weighted by Gasteiger charge is -2.16. The van der Waals surface area contributed by atoms with Crippen LogP contribution in [0.4, 0.5) is 5.95 Å². The number of imidazole rings is 1. The van der Waals surface area contributed by atoms with Crippen molar-refractivity contribution in [2.75, 3.05) is 18.9 Å². The minimum atomic E-state index is -0.999. The molecule has 0 saturated carbocycles. The van der Waals surface area contributed by atoms with Crippen molar-refractivity contribution in [3.05, 3.63) is 28.8 Å². The summed E-state index contributed by atoms with van der Waals surface area (Å²) in [6.07, 6.45) is 17.1. The van der Waals surface area contributed by atoms with E-state index in [-0.39, 0.29) is 56.3 Å². The summed E-state index contributed by atoms with van der Waals surface area (Å²) in [6.45, 7) is 2.58. The first kappa shape index (κ1) is 35.5. The highest BCUT2D eigenvalue weighted by molar-refractivity contribution is 5.76. The lowest BCUT2D eigenvalue weighted by atomic mass is 10.1. The van der Waals surface area contributed by atoms with Crippen molar-refractivity contribution >= 4 is 35.0 Å². The molecule has 240 valence electrons. The minimum Gasteiger partial charge on any atom is -0.481 e. The molecule has 13 heteroatoms. The Labute approximate surface area is 252 Å². The summed E-state index contributed by atoms with van der Waals surface area (Å²) in [5.41, 5.74) is 5.66. The van der Waals surface area contributed by atoms with Gasteiger partial charge in [0.15, 0.2) is 11.2 Å². The fraction of sp³-hybridized carbons (Fsp3) is 0.667. The number of nitrogens with zero attached hydrogens (tertiary/aromatic N) is 3. The summed E-state index contributed by atoms with van der Waals surface area (Å²) in [6, 6.07) is 0. The van der Waals surface area contributed by atoms with Gasteiger partial charge in [-0.3, -0.25) is 28.7 Å². The Balaban J connectivity index is 1.49. The second-order valence-electron chi connectivity index (χ2n) is 10.5. The van der Waals surface area contributed by atoms with Gasteiger partial charge in [-0.25, -0.2) is 4.98 Å². The summed E-state index contributed by atoms with van der Waals surface area (Å²) in [5.74, 6) is -1.71. The zero-order chi connectivity index (χ0) is 31.3. The van der Waals surface area contributed by atoms with Crippen LogP contribution in [-0.4, -0.2) is 61.9 Å². The summed E-state index contributed by atoms with van der Waals surface area (Å²) in [5, 5.41) is 8.76. The van der Waals surface area contributed by atoms with Gasteiger partial charge in [-0.2, -0.15) is 4.98 Å². The fourth-order valence-corrected chi connectivity index (χ4v) is 4.42. The van der Waals surface area contributed by atoms with Crippen molar-refractivity contribution in [1.82, 2.24) is 19.5 Å². The quantitative estimate of drug-likeness (QED) is 0.0858. The van der Waals surface area contributed by atoms with E-state index in [9.17, 15) is 19.2 Å². The molecule has 0 bridgehead atoms. The Bertz CT molecular complexity index is 1210. The first-order valence-corrected chi connectivity index (χ1v) is 15.3. The number of carboxylic acids is 1. The van der Waals surface area contributed by atoms with Crippen LogP contribution in [0, 0.1) is 0 Å². The molecule has 2 aromatic heterocycles. The fourth-order valence-electron chi connectivity index (χ4n) is 4.42. The molecule has 13 nitrogen and oxygen atoms in total. The van der Waals surface area contributed by atoms with Gasteiger partial charge < -0.3 is 25.1 Å². The third kappa shape index (κ3) is 15.3. The molecule has 43 heavy (non-hydrogen) atoms. The maximum absolute atomic E-state index is 12.0. The largest absolute Gasteiger partial charge is 0.481 e. The van der Waals surface area contributed by atoms with Gasteiger partial charge in [-0.15, -0.1) is 0 Å². The Morgan fingerprint density at radius 2 is 1.77 bits per heavy atom. The topological polar surface area (TPSA) is 189 Å². The van der Waals surface area contributed by atoms with Gasteiger partial charge in [0.25, 0.3) is 5.56 Å². The second-order valence-corrected chi connectivity index (χ2v) is 10.5. The standard InChI is InChI=1S/C30H47N5O8/c1-2-3-4-11-14-23(43-26(39)18-17-24(36)37)15-12-9-7-5-6-8-10-13-16-25(38)42-20-19-41-22-35-21-32-27-28(35)33-30(31)34-29(27)40/h9,12,21,23H,2-8,10-11,13-20,22H2,1H3,(H,36,37)(H3,31,33,34,40)/b12-9-/t23-/m1/s1. The van der Waals surface area contributed by atoms with E-state index in [1.165, 1.54) is 6.33 Å². The van der Waals surface area contributed by atoms with Crippen molar-refractivity contribution in [2.45, 2.75) is 116 Å². The number of carboxylic acid groups (broad SMARTS) is 1. The van der Waals surface area contributed by atoms with Crippen LogP contribution < -0.4 is 11.3 Å². The van der Waals surface area contributed by atoms with Gasteiger partial charge in [0.1, 0.15) is 19.4 Å². The molecule has 1 atom stereocenters. The third-order valence-electron chi connectivity index (χ3n) is 6.75. The minimum absolute atomic E-state index is 0.00332. The summed E-state index contributed by atoms with van der Waals surface area (Å²) >= 11 is 0. The van der Waals surface area contributed by atoms with Crippen LogP contribution in [0.25, 0.3) is 11.2 Å². The van der Waals surface area contributed by atoms with E-state index in [0.717, 1.165) is 70.6 Å². The van der Waals surface area contributed by atoms with Gasteiger partial charge in [0.2, 0.25) is 5.95 Å². The van der Waals surface area contributed by atoms with Crippen LogP contribution in [-0.2, 0) is 35.3 Å². The SMILES string of the molecule is CCCCCC[C@H](C/C=C\CCCCCCCC(=O)OCCOCn1cnc2c(=O)[nH]c(N)nc21)OC(=O)CCC(=O)O. The van der Waals surface area contributed by atoms with Crippen molar-refractivity contribution in [3.8, 4) is 0 Å². The lowest BCUT2D eigenvalue weighted by molar-refractivity contribution is -0.152. The van der Waals surface area contributed by atoms with E-state index < -0.39 is 17.5 Å². The smallest absolute Gasteiger partial charge is 0.306 e. The van der Waals surface area contributed by atoms with Crippen LogP contribution in [0.5, 0.6) is 0 Å². The molecule has 0 aliphatic rings. The number of esters is 2. The monoisotopic (exact) mass is 605 g/mol. The van der Waals surface area contributed by atoms with E-state index in [4.69, 9.17) is 25.1 Å². The number of nitrogen functional groups attached to an aromatic ring is 1. The van der Waals surface area contributed by atoms with Crippen LogP contribution in [0.1, 0.15) is 103 Å². The number of rotatable bonds is 24. The number of allylic oxidation sites excluding steroid dienone is 1. The first-order valence-electron chi connectivity index (χ1n) is 15.3. The molecule has 0 aromatic carbocycles. The van der Waals surface area contributed by atoms with E-state index >= 15 is 0 Å². The Morgan fingerprint density at radius 3 is 2.56 bits per heavy atom. The zero-order valence-electron chi connectivity index (χ0n) is 25.3. The lowest BCUT2D eigenvalue weighted by Crippen LogP contribution is -2.18. The average Bonchev–Trinajstić information content (AvgIpc) is 3.37. The normalized spacial score (nSPS) is 12.1. The van der Waals surface area contributed by atoms with Crippen molar-refractivity contribution < 1.29 is 33.7 Å². The predicted molar refractivity (Wildman–Crippen MR) is 161 cm³/mol. The van der Waals surface area contributed by atoms with Crippen LogP contribution in [0.2, 0.25) is 0 Å². The summed E-state index contributed by atoms with van der Waals surface area (Å²) in [7, 11) is 0. The predicted octanol–water partition coefficient (Wildman–Crippen LogP) is 4.64. The van der Waals surface area contributed by atoms with Gasteiger partial charge >= 0.3 is 17.9 Å². The maximum atomic E-state index is 12.0. The van der Waals surface area contributed by atoms with Crippen LogP contribution >= 0.6 is 0 Å². The van der Waals surface area contributed by atoms with Crippen LogP contribution in [0.15, 0.2) is 23.3 Å². The third-order valence-corrected chi connectivity index (χ3v) is 6.75. The number of fused-ring (bicyclic) bond motifs is 1. The Hall–Kier alpha value is -3.74. The maximum Gasteiger partial charge on any atom is 0.306 e. The highest BCUT2D eigenvalue weighted by atomic mass is 16.6. The number of H-pyrrole nitrogens is 1. The molecule has 0 aliphatic heterocycles. The Morgan fingerprint density at radius 1 is 1.00 bits per heavy atom. The van der Waals surface area contributed by atoms with E-state index in [2.05, 4.69) is 34.0 Å². The van der Waals surface area contributed by atoms with Crippen LogP contribution in [0.3, 0.4) is 0 Å². The number of nitrogens with one attached hydrogen (secondary N) is 1. The van der Waals surface area contributed by atoms with Gasteiger partial charge in [-0.1, -0.05) is 57.6 Å². The molecular formula is C30H47N5O8. The molecule has 0 spiro atoms. The van der Waals surface area contributed by atoms with Gasteiger partial charge in [-0.05, 0) is 32.1 Å².